The molecule has 1 heterocycles. The van der Waals surface area contributed by atoms with Crippen molar-refractivity contribution < 1.29 is 23.0 Å². The van der Waals surface area contributed by atoms with Crippen LogP contribution in [0.2, 0.25) is 0 Å². The van der Waals surface area contributed by atoms with Gasteiger partial charge in [0.25, 0.3) is 5.91 Å². The lowest BCUT2D eigenvalue weighted by atomic mass is 10.0. The van der Waals surface area contributed by atoms with Gasteiger partial charge in [0, 0.05) is 12.6 Å². The van der Waals surface area contributed by atoms with Crippen LogP contribution in [0.3, 0.4) is 0 Å². The van der Waals surface area contributed by atoms with Gasteiger partial charge in [0.15, 0.2) is 11.5 Å². The molecule has 126 valence electrons. The Morgan fingerprint density at radius 1 is 1.17 bits per heavy atom. The Balaban J connectivity index is 2.08. The predicted molar refractivity (Wildman–Crippen MR) is 84.7 cm³/mol. The molecule has 3 rings (SSSR count). The molecule has 0 fully saturated rings. The summed E-state index contributed by atoms with van der Waals surface area (Å²) in [7, 11) is 3.14. The van der Waals surface area contributed by atoms with Crippen molar-refractivity contribution in [3.05, 3.63) is 53.6 Å². The molecule has 0 saturated heterocycles. The zero-order valence-corrected chi connectivity index (χ0v) is 13.1. The number of alkyl halides is 2. The molecule has 0 spiro atoms. The van der Waals surface area contributed by atoms with Crippen LogP contribution < -0.4 is 19.7 Å². The Kier molecular flexibility index (Phi) is 4.24. The van der Waals surface area contributed by atoms with Gasteiger partial charge in [0.1, 0.15) is 6.17 Å². The van der Waals surface area contributed by atoms with Crippen LogP contribution in [-0.4, -0.2) is 26.7 Å². The maximum atomic E-state index is 12.8. The number of nitrogens with zero attached hydrogens (tertiary/aromatic N) is 1. The van der Waals surface area contributed by atoms with Gasteiger partial charge >= 0.3 is 6.61 Å². The normalized spacial score (nSPS) is 16.6. The Hall–Kier alpha value is -2.83. The molecule has 0 aliphatic carbocycles. The zero-order valence-electron chi connectivity index (χ0n) is 13.1. The fourth-order valence-corrected chi connectivity index (χ4v) is 2.82. The van der Waals surface area contributed by atoms with E-state index in [0.29, 0.717) is 16.8 Å². The van der Waals surface area contributed by atoms with Crippen molar-refractivity contribution >= 4 is 11.6 Å². The second kappa shape index (κ2) is 6.35. The lowest BCUT2D eigenvalue weighted by Gasteiger charge is -2.37. The van der Waals surface area contributed by atoms with Crippen molar-refractivity contribution in [2.24, 2.45) is 0 Å². The first-order chi connectivity index (χ1) is 11.5. The van der Waals surface area contributed by atoms with Gasteiger partial charge in [-0.2, -0.15) is 8.78 Å². The SMILES string of the molecule is COc1cccc([C@H]2NC(=O)c3ccccc3N2C)c1OC(F)F. The number of rotatable bonds is 4. The first-order valence-electron chi connectivity index (χ1n) is 7.27. The molecule has 1 aliphatic heterocycles. The molecule has 5 nitrogen and oxygen atoms in total. The van der Waals surface area contributed by atoms with Crippen LogP contribution in [-0.2, 0) is 0 Å². The summed E-state index contributed by atoms with van der Waals surface area (Å²) < 4.78 is 35.4. The predicted octanol–water partition coefficient (Wildman–Crippen LogP) is 3.18. The minimum Gasteiger partial charge on any atom is -0.493 e. The smallest absolute Gasteiger partial charge is 0.387 e. The highest BCUT2D eigenvalue weighted by atomic mass is 19.3. The van der Waals surface area contributed by atoms with Gasteiger partial charge in [-0.3, -0.25) is 4.79 Å². The first-order valence-corrected chi connectivity index (χ1v) is 7.27. The van der Waals surface area contributed by atoms with Gasteiger partial charge in [-0.25, -0.2) is 0 Å². The fraction of sp³-hybridized carbons (Fsp3) is 0.235. The Labute approximate surface area is 137 Å². The molecular formula is C17H16F2N2O3. The standard InChI is InChI=1S/C17H16F2N2O3/c1-21-12-8-4-3-6-10(12)16(22)20-15(21)11-7-5-9-13(23-2)14(11)24-17(18)19/h3-9,15,17H,1-2H3,(H,20,22)/t15-/m0/s1. The number of anilines is 1. The largest absolute Gasteiger partial charge is 0.493 e. The van der Waals surface area contributed by atoms with Gasteiger partial charge in [-0.15, -0.1) is 0 Å². The number of hydrogen-bond acceptors (Lipinski definition) is 4. The molecule has 1 atom stereocenters. The molecule has 0 saturated carbocycles. The fourth-order valence-electron chi connectivity index (χ4n) is 2.82. The highest BCUT2D eigenvalue weighted by Crippen LogP contribution is 2.40. The Morgan fingerprint density at radius 3 is 2.62 bits per heavy atom. The maximum absolute atomic E-state index is 12.8. The van der Waals surface area contributed by atoms with E-state index in [4.69, 9.17) is 4.74 Å². The number of ether oxygens (including phenoxy) is 2. The quantitative estimate of drug-likeness (QED) is 0.933. The molecule has 7 heteroatoms. The van der Waals surface area contributed by atoms with E-state index in [1.165, 1.54) is 13.2 Å². The summed E-state index contributed by atoms with van der Waals surface area (Å²) in [6, 6.07) is 11.9. The van der Waals surface area contributed by atoms with Crippen molar-refractivity contribution in [2.45, 2.75) is 12.8 Å². The van der Waals surface area contributed by atoms with Crippen molar-refractivity contribution in [1.29, 1.82) is 0 Å². The minimum atomic E-state index is -3.00. The van der Waals surface area contributed by atoms with E-state index in [-0.39, 0.29) is 17.4 Å². The number of carbonyl (C=O) groups is 1. The number of hydrogen-bond donors (Lipinski definition) is 1. The maximum Gasteiger partial charge on any atom is 0.387 e. The molecule has 1 aliphatic rings. The van der Waals surface area contributed by atoms with Crippen LogP contribution in [0, 0.1) is 0 Å². The number of carbonyl (C=O) groups excluding carboxylic acids is 1. The lowest BCUT2D eigenvalue weighted by Crippen LogP contribution is -2.44. The molecule has 0 aromatic heterocycles. The van der Waals surface area contributed by atoms with Crippen LogP contribution in [0.4, 0.5) is 14.5 Å². The zero-order chi connectivity index (χ0) is 17.3. The van der Waals surface area contributed by atoms with Crippen molar-refractivity contribution in [2.75, 3.05) is 19.1 Å². The average Bonchev–Trinajstić information content (AvgIpc) is 2.58. The monoisotopic (exact) mass is 334 g/mol. The number of fused-ring (bicyclic) bond motifs is 1. The minimum absolute atomic E-state index is 0.0912. The van der Waals surface area contributed by atoms with Gasteiger partial charge in [-0.05, 0) is 18.2 Å². The molecule has 1 N–H and O–H groups in total. The average molecular weight is 334 g/mol. The summed E-state index contributed by atoms with van der Waals surface area (Å²) in [6.07, 6.45) is -0.656. The Bertz CT molecular complexity index is 767. The van der Waals surface area contributed by atoms with E-state index in [2.05, 4.69) is 10.1 Å². The number of halogens is 2. The molecule has 24 heavy (non-hydrogen) atoms. The highest BCUT2D eigenvalue weighted by molar-refractivity contribution is 6.02. The number of methoxy groups -OCH3 is 1. The number of para-hydroxylation sites is 2. The third-order valence-electron chi connectivity index (χ3n) is 3.91. The van der Waals surface area contributed by atoms with E-state index in [1.807, 2.05) is 6.07 Å². The van der Waals surface area contributed by atoms with Gasteiger partial charge in [0.05, 0.1) is 18.4 Å². The summed E-state index contributed by atoms with van der Waals surface area (Å²) in [5, 5.41) is 2.81. The summed E-state index contributed by atoms with van der Waals surface area (Å²) in [6.45, 7) is -3.00. The van der Waals surface area contributed by atoms with E-state index >= 15 is 0 Å². The van der Waals surface area contributed by atoms with Crippen LogP contribution in [0.5, 0.6) is 11.5 Å². The number of nitrogens with one attached hydrogen (secondary N) is 1. The molecule has 2 aromatic carbocycles. The van der Waals surface area contributed by atoms with Gasteiger partial charge in [-0.1, -0.05) is 24.3 Å². The van der Waals surface area contributed by atoms with E-state index in [1.54, 1.807) is 42.3 Å². The molecule has 1 amide bonds. The van der Waals surface area contributed by atoms with Crippen LogP contribution >= 0.6 is 0 Å². The summed E-state index contributed by atoms with van der Waals surface area (Å²) in [5.74, 6) is -0.194. The second-order valence-corrected chi connectivity index (χ2v) is 5.26. The van der Waals surface area contributed by atoms with Crippen LogP contribution in [0.25, 0.3) is 0 Å². The van der Waals surface area contributed by atoms with Gasteiger partial charge in [0.2, 0.25) is 0 Å². The number of benzene rings is 2. The van der Waals surface area contributed by atoms with Crippen molar-refractivity contribution in [3.63, 3.8) is 0 Å². The number of amides is 1. The molecule has 0 unspecified atom stereocenters. The molecule has 0 radical (unpaired) electrons. The molecule has 2 aromatic rings. The van der Waals surface area contributed by atoms with Crippen molar-refractivity contribution in [1.82, 2.24) is 5.32 Å². The van der Waals surface area contributed by atoms with Crippen molar-refractivity contribution in [3.8, 4) is 11.5 Å². The van der Waals surface area contributed by atoms with E-state index in [9.17, 15) is 13.6 Å². The first kappa shape index (κ1) is 16.0. The molecular weight excluding hydrogens is 318 g/mol. The Morgan fingerprint density at radius 2 is 1.92 bits per heavy atom. The summed E-state index contributed by atoms with van der Waals surface area (Å²) in [4.78, 5) is 14.1. The third-order valence-corrected chi connectivity index (χ3v) is 3.91. The topological polar surface area (TPSA) is 50.8 Å². The molecule has 0 bridgehead atoms. The summed E-state index contributed by atoms with van der Waals surface area (Å²) >= 11 is 0. The third kappa shape index (κ3) is 2.73. The van der Waals surface area contributed by atoms with E-state index in [0.717, 1.165) is 0 Å². The van der Waals surface area contributed by atoms with Crippen LogP contribution in [0.1, 0.15) is 22.1 Å². The van der Waals surface area contributed by atoms with Gasteiger partial charge < -0.3 is 19.7 Å². The highest BCUT2D eigenvalue weighted by Gasteiger charge is 2.32. The lowest BCUT2D eigenvalue weighted by molar-refractivity contribution is -0.0520. The second-order valence-electron chi connectivity index (χ2n) is 5.26. The summed E-state index contributed by atoms with van der Waals surface area (Å²) in [5.41, 5.74) is 1.62. The van der Waals surface area contributed by atoms with Crippen LogP contribution in [0.15, 0.2) is 42.5 Å². The van der Waals surface area contributed by atoms with E-state index < -0.39 is 12.8 Å².